The summed E-state index contributed by atoms with van der Waals surface area (Å²) in [6.07, 6.45) is 0.951. The van der Waals surface area contributed by atoms with E-state index in [1.165, 1.54) is 10.4 Å². The second kappa shape index (κ2) is 7.05. The van der Waals surface area contributed by atoms with Crippen LogP contribution in [-0.4, -0.2) is 47.9 Å². The topological polar surface area (TPSA) is 73.0 Å². The second-order valence-corrected chi connectivity index (χ2v) is 7.65. The molecule has 3 aromatic heterocycles. The summed E-state index contributed by atoms with van der Waals surface area (Å²) < 4.78 is 0. The van der Waals surface area contributed by atoms with Gasteiger partial charge in [0.05, 0.1) is 22.8 Å². The number of anilines is 2. The highest BCUT2D eigenvalue weighted by atomic mass is 32.1. The van der Waals surface area contributed by atoms with Crippen molar-refractivity contribution in [2.24, 2.45) is 0 Å². The Hall–Kier alpha value is -2.45. The van der Waals surface area contributed by atoms with Crippen molar-refractivity contribution in [1.29, 1.82) is 0 Å². The number of nitrogens with one attached hydrogen (secondary N) is 2. The van der Waals surface area contributed by atoms with Crippen LogP contribution in [0.2, 0.25) is 0 Å². The molecule has 0 bridgehead atoms. The fourth-order valence-electron chi connectivity index (χ4n) is 3.17. The largest absolute Gasteiger partial charge is 0.353 e. The van der Waals surface area contributed by atoms with Crippen LogP contribution in [0.3, 0.4) is 0 Å². The molecule has 0 spiro atoms. The smallest absolute Gasteiger partial charge is 0.227 e. The van der Waals surface area contributed by atoms with E-state index in [0.717, 1.165) is 54.9 Å². The van der Waals surface area contributed by atoms with Gasteiger partial charge in [-0.2, -0.15) is 10.1 Å². The Bertz CT molecular complexity index is 885. The Labute approximate surface area is 157 Å². The van der Waals surface area contributed by atoms with Gasteiger partial charge in [0, 0.05) is 33.3 Å². The number of hydrogen-bond acceptors (Lipinski definition) is 7. The average Bonchev–Trinajstić information content (AvgIpc) is 3.32. The van der Waals surface area contributed by atoms with Crippen LogP contribution < -0.4 is 15.1 Å². The van der Waals surface area contributed by atoms with E-state index in [4.69, 9.17) is 9.97 Å². The van der Waals surface area contributed by atoms with E-state index in [1.807, 2.05) is 25.1 Å². The van der Waals surface area contributed by atoms with Gasteiger partial charge in [0.2, 0.25) is 5.95 Å². The summed E-state index contributed by atoms with van der Waals surface area (Å²) in [6.45, 7) is 2.49. The van der Waals surface area contributed by atoms with Crippen LogP contribution >= 0.6 is 11.3 Å². The molecule has 0 aromatic carbocycles. The molecule has 0 fully saturated rings. The molecule has 0 amide bonds. The first-order valence-electron chi connectivity index (χ1n) is 8.69. The molecule has 0 radical (unpaired) electrons. The highest BCUT2D eigenvalue weighted by Gasteiger charge is 2.21. The molecule has 0 atom stereocenters. The van der Waals surface area contributed by atoms with Gasteiger partial charge in [-0.3, -0.25) is 5.10 Å². The van der Waals surface area contributed by atoms with Crippen molar-refractivity contribution in [3.63, 3.8) is 0 Å². The first-order chi connectivity index (χ1) is 12.6. The molecule has 7 nitrogen and oxygen atoms in total. The van der Waals surface area contributed by atoms with Crippen LogP contribution in [0.25, 0.3) is 10.6 Å². The van der Waals surface area contributed by atoms with Gasteiger partial charge in [-0.15, -0.1) is 11.3 Å². The number of aromatic nitrogens is 4. The van der Waals surface area contributed by atoms with E-state index >= 15 is 0 Å². The van der Waals surface area contributed by atoms with Crippen LogP contribution in [0.5, 0.6) is 0 Å². The van der Waals surface area contributed by atoms with Crippen LogP contribution in [0.4, 0.5) is 11.8 Å². The van der Waals surface area contributed by atoms with Crippen molar-refractivity contribution < 1.29 is 0 Å². The van der Waals surface area contributed by atoms with E-state index in [1.54, 1.807) is 11.3 Å². The minimum Gasteiger partial charge on any atom is -0.353 e. The Kier molecular flexibility index (Phi) is 4.60. The molecule has 136 valence electrons. The van der Waals surface area contributed by atoms with Gasteiger partial charge < -0.3 is 15.1 Å². The molecule has 1 aliphatic rings. The standard InChI is InChI=1S/C18H23N7S/c1-24(2)18-20-15-10-19-7-6-13(15)17(21-18)25(3)11-12-9-14(23-22-12)16-5-4-8-26-16/h4-5,8-9,19H,6-7,10-11H2,1-3H3,(H,22,23). The molecular formula is C18H23N7S. The van der Waals surface area contributed by atoms with E-state index in [0.29, 0.717) is 0 Å². The lowest BCUT2D eigenvalue weighted by Crippen LogP contribution is -2.30. The molecule has 4 heterocycles. The maximum Gasteiger partial charge on any atom is 0.227 e. The van der Waals surface area contributed by atoms with Crippen molar-refractivity contribution in [3.8, 4) is 10.6 Å². The van der Waals surface area contributed by atoms with Crippen molar-refractivity contribution in [3.05, 3.63) is 40.5 Å². The van der Waals surface area contributed by atoms with E-state index in [9.17, 15) is 0 Å². The van der Waals surface area contributed by atoms with Crippen molar-refractivity contribution >= 4 is 23.1 Å². The molecule has 4 rings (SSSR count). The zero-order valence-corrected chi connectivity index (χ0v) is 16.1. The van der Waals surface area contributed by atoms with E-state index < -0.39 is 0 Å². The number of H-pyrrole nitrogens is 1. The summed E-state index contributed by atoms with van der Waals surface area (Å²) >= 11 is 1.70. The maximum atomic E-state index is 4.82. The Morgan fingerprint density at radius 2 is 2.12 bits per heavy atom. The number of hydrogen-bond donors (Lipinski definition) is 2. The lowest BCUT2D eigenvalue weighted by atomic mass is 10.1. The molecule has 3 aromatic rings. The number of nitrogens with zero attached hydrogens (tertiary/aromatic N) is 5. The fourth-order valence-corrected chi connectivity index (χ4v) is 3.85. The number of thiophene rings is 1. The average molecular weight is 369 g/mol. The molecule has 2 N–H and O–H groups in total. The lowest BCUT2D eigenvalue weighted by Gasteiger charge is -2.26. The predicted octanol–water partition coefficient (Wildman–Crippen LogP) is 2.28. The third kappa shape index (κ3) is 3.30. The third-order valence-electron chi connectivity index (χ3n) is 4.48. The highest BCUT2D eigenvalue weighted by Crippen LogP contribution is 2.27. The van der Waals surface area contributed by atoms with Crippen LogP contribution in [0, 0.1) is 0 Å². The zero-order chi connectivity index (χ0) is 18.1. The molecule has 1 aliphatic heterocycles. The quantitative estimate of drug-likeness (QED) is 0.719. The van der Waals surface area contributed by atoms with Crippen molar-refractivity contribution in [2.45, 2.75) is 19.5 Å². The first kappa shape index (κ1) is 17.0. The van der Waals surface area contributed by atoms with Crippen molar-refractivity contribution in [2.75, 3.05) is 37.5 Å². The Morgan fingerprint density at radius 3 is 2.88 bits per heavy atom. The van der Waals surface area contributed by atoms with Gasteiger partial charge in [-0.05, 0) is 30.5 Å². The number of aromatic amines is 1. The summed E-state index contributed by atoms with van der Waals surface area (Å²) in [5.41, 5.74) is 4.41. The summed E-state index contributed by atoms with van der Waals surface area (Å²) in [5.74, 6) is 1.76. The van der Waals surface area contributed by atoms with Crippen LogP contribution in [-0.2, 0) is 19.5 Å². The maximum absolute atomic E-state index is 4.82. The molecule has 0 saturated carbocycles. The molecule has 0 aliphatic carbocycles. The van der Waals surface area contributed by atoms with Gasteiger partial charge >= 0.3 is 0 Å². The molecule has 0 saturated heterocycles. The molecular weight excluding hydrogens is 346 g/mol. The predicted molar refractivity (Wildman–Crippen MR) is 106 cm³/mol. The summed E-state index contributed by atoms with van der Waals surface area (Å²) in [5, 5.41) is 13.1. The van der Waals surface area contributed by atoms with Crippen molar-refractivity contribution in [1.82, 2.24) is 25.5 Å². The normalized spacial score (nSPS) is 13.5. The lowest BCUT2D eigenvalue weighted by molar-refractivity contribution is 0.619. The van der Waals surface area contributed by atoms with Crippen LogP contribution in [0.1, 0.15) is 17.0 Å². The molecule has 0 unspecified atom stereocenters. The summed E-state index contributed by atoms with van der Waals surface area (Å²) in [7, 11) is 6.03. The monoisotopic (exact) mass is 369 g/mol. The van der Waals surface area contributed by atoms with Crippen LogP contribution in [0.15, 0.2) is 23.6 Å². The zero-order valence-electron chi connectivity index (χ0n) is 15.3. The molecule has 26 heavy (non-hydrogen) atoms. The summed E-state index contributed by atoms with van der Waals surface area (Å²) in [4.78, 5) is 14.8. The Morgan fingerprint density at radius 1 is 1.23 bits per heavy atom. The van der Waals surface area contributed by atoms with Gasteiger partial charge in [0.25, 0.3) is 0 Å². The number of rotatable bonds is 5. The van der Waals surface area contributed by atoms with Gasteiger partial charge in [-0.1, -0.05) is 6.07 Å². The number of fused-ring (bicyclic) bond motifs is 1. The van der Waals surface area contributed by atoms with Gasteiger partial charge in [-0.25, -0.2) is 4.98 Å². The third-order valence-corrected chi connectivity index (χ3v) is 5.37. The second-order valence-electron chi connectivity index (χ2n) is 6.71. The van der Waals surface area contributed by atoms with E-state index in [2.05, 4.69) is 45.0 Å². The van der Waals surface area contributed by atoms with E-state index in [-0.39, 0.29) is 0 Å². The molecule has 8 heteroatoms. The minimum atomic E-state index is 0.724. The highest BCUT2D eigenvalue weighted by molar-refractivity contribution is 7.13. The SMILES string of the molecule is CN(C)c1nc2c(c(N(C)Cc3cc(-c4cccs4)n[nH]3)n1)CCNC2. The van der Waals surface area contributed by atoms with Gasteiger partial charge in [0.1, 0.15) is 11.5 Å². The van der Waals surface area contributed by atoms with Gasteiger partial charge in [0.15, 0.2) is 0 Å². The Balaban J connectivity index is 1.61. The summed E-state index contributed by atoms with van der Waals surface area (Å²) in [6, 6.07) is 6.25. The first-order valence-corrected chi connectivity index (χ1v) is 9.57. The fraction of sp³-hybridized carbons (Fsp3) is 0.389. The minimum absolute atomic E-state index is 0.724.